The summed E-state index contributed by atoms with van der Waals surface area (Å²) in [5, 5.41) is 1.59. The number of fused-ring (bicyclic) bond motifs is 3. The SMILES string of the molecule is CCn1c(SCCC(C)=O)nc2sc3c(c2c1=O)CCCC3. The topological polar surface area (TPSA) is 52.0 Å². The molecule has 0 atom stereocenters. The second-order valence-corrected chi connectivity index (χ2v) is 7.78. The average Bonchev–Trinajstić information content (AvgIpc) is 2.85. The van der Waals surface area contributed by atoms with Gasteiger partial charge in [-0.25, -0.2) is 4.98 Å². The molecule has 1 aliphatic carbocycles. The van der Waals surface area contributed by atoms with Gasteiger partial charge in [-0.15, -0.1) is 11.3 Å². The van der Waals surface area contributed by atoms with Crippen molar-refractivity contribution in [2.45, 2.75) is 57.7 Å². The van der Waals surface area contributed by atoms with E-state index in [2.05, 4.69) is 0 Å². The molecule has 0 fully saturated rings. The smallest absolute Gasteiger partial charge is 0.263 e. The first-order valence-corrected chi connectivity index (χ1v) is 9.59. The largest absolute Gasteiger partial charge is 0.300 e. The Balaban J connectivity index is 2.06. The van der Waals surface area contributed by atoms with Crippen molar-refractivity contribution in [3.63, 3.8) is 0 Å². The van der Waals surface area contributed by atoms with E-state index in [9.17, 15) is 9.59 Å². The van der Waals surface area contributed by atoms with E-state index in [1.165, 1.54) is 35.0 Å². The molecule has 3 rings (SSSR count). The number of aryl methyl sites for hydroxylation is 2. The number of rotatable bonds is 5. The zero-order valence-corrected chi connectivity index (χ0v) is 14.6. The number of ketones is 1. The Labute approximate surface area is 137 Å². The van der Waals surface area contributed by atoms with Crippen LogP contribution in [0.1, 0.15) is 43.6 Å². The summed E-state index contributed by atoms with van der Waals surface area (Å²) in [5.74, 6) is 0.851. The van der Waals surface area contributed by atoms with Gasteiger partial charge in [0.25, 0.3) is 5.56 Å². The molecule has 0 radical (unpaired) electrons. The van der Waals surface area contributed by atoms with Gasteiger partial charge in [-0.2, -0.15) is 0 Å². The second kappa shape index (κ2) is 6.54. The Kier molecular flexibility index (Phi) is 4.68. The maximum atomic E-state index is 12.9. The van der Waals surface area contributed by atoms with Gasteiger partial charge in [-0.1, -0.05) is 11.8 Å². The Morgan fingerprint density at radius 3 is 2.86 bits per heavy atom. The Bertz CT molecular complexity index is 777. The quantitative estimate of drug-likeness (QED) is 0.620. The summed E-state index contributed by atoms with van der Waals surface area (Å²) in [6.07, 6.45) is 4.98. The summed E-state index contributed by atoms with van der Waals surface area (Å²) in [5.41, 5.74) is 1.34. The van der Waals surface area contributed by atoms with Crippen LogP contribution in [-0.4, -0.2) is 21.1 Å². The van der Waals surface area contributed by atoms with Crippen molar-refractivity contribution in [2.24, 2.45) is 0 Å². The number of thioether (sulfide) groups is 1. The van der Waals surface area contributed by atoms with E-state index in [1.807, 2.05) is 6.92 Å². The van der Waals surface area contributed by atoms with Crippen LogP contribution >= 0.6 is 23.1 Å². The molecule has 2 heterocycles. The standard InChI is InChI=1S/C16H20N2O2S2/c1-3-18-15(20)13-11-6-4-5-7-12(11)22-14(13)17-16(18)21-9-8-10(2)19/h3-9H2,1-2H3. The average molecular weight is 336 g/mol. The monoisotopic (exact) mass is 336 g/mol. The van der Waals surface area contributed by atoms with Crippen molar-refractivity contribution >= 4 is 39.1 Å². The normalized spacial score (nSPS) is 14.3. The first-order valence-electron chi connectivity index (χ1n) is 7.79. The zero-order valence-electron chi connectivity index (χ0n) is 13.0. The third-order valence-corrected chi connectivity index (χ3v) is 6.21. The van der Waals surface area contributed by atoms with Crippen LogP contribution < -0.4 is 5.56 Å². The lowest BCUT2D eigenvalue weighted by Gasteiger charge is -2.12. The van der Waals surface area contributed by atoms with Crippen molar-refractivity contribution < 1.29 is 4.79 Å². The lowest BCUT2D eigenvalue weighted by Crippen LogP contribution is -2.23. The molecule has 0 amide bonds. The minimum Gasteiger partial charge on any atom is -0.300 e. The minimum atomic E-state index is 0.0947. The van der Waals surface area contributed by atoms with Gasteiger partial charge in [-0.05, 0) is 45.1 Å². The van der Waals surface area contributed by atoms with Crippen molar-refractivity contribution in [1.29, 1.82) is 0 Å². The molecule has 0 aliphatic heterocycles. The van der Waals surface area contributed by atoms with Gasteiger partial charge in [0.1, 0.15) is 10.6 Å². The molecule has 2 aromatic rings. The van der Waals surface area contributed by atoms with Crippen LogP contribution in [0.25, 0.3) is 10.2 Å². The van der Waals surface area contributed by atoms with Crippen LogP contribution in [0.2, 0.25) is 0 Å². The number of aromatic nitrogens is 2. The number of hydrogen-bond acceptors (Lipinski definition) is 5. The van der Waals surface area contributed by atoms with Crippen LogP contribution in [0.3, 0.4) is 0 Å². The summed E-state index contributed by atoms with van der Waals surface area (Å²) in [6.45, 7) is 4.19. The molecule has 0 unspecified atom stereocenters. The number of carbonyl (C=O) groups excluding carboxylic acids is 1. The molecule has 0 aromatic carbocycles. The second-order valence-electron chi connectivity index (χ2n) is 5.64. The molecule has 0 bridgehead atoms. The third kappa shape index (κ3) is 2.86. The molecule has 0 N–H and O–H groups in total. The molecule has 0 spiro atoms. The number of carbonyl (C=O) groups is 1. The number of thiophene rings is 1. The fourth-order valence-corrected chi connectivity index (χ4v) is 5.30. The van der Waals surface area contributed by atoms with E-state index in [-0.39, 0.29) is 11.3 Å². The third-order valence-electron chi connectivity index (χ3n) is 4.04. The van der Waals surface area contributed by atoms with Gasteiger partial charge < -0.3 is 0 Å². The highest BCUT2D eigenvalue weighted by atomic mass is 32.2. The number of Topliss-reactive ketones (excluding diaryl/α,β-unsaturated/α-hetero) is 1. The van der Waals surface area contributed by atoms with Crippen molar-refractivity contribution in [3.8, 4) is 0 Å². The summed E-state index contributed by atoms with van der Waals surface area (Å²) >= 11 is 3.19. The van der Waals surface area contributed by atoms with E-state index in [4.69, 9.17) is 4.98 Å². The van der Waals surface area contributed by atoms with Crippen LogP contribution in [0.4, 0.5) is 0 Å². The molecule has 0 saturated heterocycles. The molecule has 1 aliphatic rings. The van der Waals surface area contributed by atoms with E-state index < -0.39 is 0 Å². The molecule has 2 aromatic heterocycles. The van der Waals surface area contributed by atoms with Crippen LogP contribution in [-0.2, 0) is 24.2 Å². The summed E-state index contributed by atoms with van der Waals surface area (Å²) in [6, 6.07) is 0. The number of hydrogen-bond donors (Lipinski definition) is 0. The fourth-order valence-electron chi connectivity index (χ4n) is 2.89. The molecular formula is C16H20N2O2S2. The maximum absolute atomic E-state index is 12.9. The van der Waals surface area contributed by atoms with Gasteiger partial charge in [0.15, 0.2) is 5.16 Å². The highest BCUT2D eigenvalue weighted by Gasteiger charge is 2.21. The zero-order chi connectivity index (χ0) is 15.7. The van der Waals surface area contributed by atoms with Crippen molar-refractivity contribution in [3.05, 3.63) is 20.8 Å². The van der Waals surface area contributed by atoms with Crippen LogP contribution in [0.5, 0.6) is 0 Å². The minimum absolute atomic E-state index is 0.0947. The molecule has 4 nitrogen and oxygen atoms in total. The summed E-state index contributed by atoms with van der Waals surface area (Å²) in [4.78, 5) is 30.9. The molecule has 22 heavy (non-hydrogen) atoms. The summed E-state index contributed by atoms with van der Waals surface area (Å²) < 4.78 is 1.76. The van der Waals surface area contributed by atoms with Crippen LogP contribution in [0.15, 0.2) is 9.95 Å². The predicted molar refractivity (Wildman–Crippen MR) is 92.2 cm³/mol. The van der Waals surface area contributed by atoms with E-state index in [0.717, 1.165) is 28.2 Å². The maximum Gasteiger partial charge on any atom is 0.263 e. The highest BCUT2D eigenvalue weighted by molar-refractivity contribution is 7.99. The molecular weight excluding hydrogens is 316 g/mol. The molecule has 0 saturated carbocycles. The highest BCUT2D eigenvalue weighted by Crippen LogP contribution is 2.34. The predicted octanol–water partition coefficient (Wildman–Crippen LogP) is 3.43. The fraction of sp³-hybridized carbons (Fsp3) is 0.562. The Morgan fingerprint density at radius 2 is 2.14 bits per heavy atom. The lowest BCUT2D eigenvalue weighted by molar-refractivity contribution is -0.116. The Hall–Kier alpha value is -1.14. The molecule has 118 valence electrons. The van der Waals surface area contributed by atoms with E-state index >= 15 is 0 Å². The van der Waals surface area contributed by atoms with Gasteiger partial charge in [0.05, 0.1) is 5.39 Å². The first kappa shape index (κ1) is 15.7. The van der Waals surface area contributed by atoms with Gasteiger partial charge in [0.2, 0.25) is 0 Å². The number of nitrogens with zero attached hydrogens (tertiary/aromatic N) is 2. The van der Waals surface area contributed by atoms with Crippen molar-refractivity contribution in [1.82, 2.24) is 9.55 Å². The van der Waals surface area contributed by atoms with Gasteiger partial charge >= 0.3 is 0 Å². The molecule has 6 heteroatoms. The van der Waals surface area contributed by atoms with Gasteiger partial charge in [0, 0.05) is 23.6 Å². The van der Waals surface area contributed by atoms with E-state index in [0.29, 0.717) is 18.7 Å². The van der Waals surface area contributed by atoms with Crippen molar-refractivity contribution in [2.75, 3.05) is 5.75 Å². The first-order chi connectivity index (χ1) is 10.6. The lowest BCUT2D eigenvalue weighted by atomic mass is 9.97. The summed E-state index contributed by atoms with van der Waals surface area (Å²) in [7, 11) is 0. The van der Waals surface area contributed by atoms with E-state index in [1.54, 1.807) is 22.8 Å². The Morgan fingerprint density at radius 1 is 1.36 bits per heavy atom. The van der Waals surface area contributed by atoms with Gasteiger partial charge in [-0.3, -0.25) is 14.2 Å². The van der Waals surface area contributed by atoms with Crippen LogP contribution in [0, 0.1) is 0 Å².